The molecule has 0 saturated carbocycles. The number of nitrogens with one attached hydrogen (secondary N) is 2. The quantitative estimate of drug-likeness (QED) is 0.352. The molecule has 8 heteroatoms. The van der Waals surface area contributed by atoms with Crippen LogP contribution in [-0.4, -0.2) is 43.6 Å². The zero-order chi connectivity index (χ0) is 25.6. The molecule has 2 heterocycles. The number of ether oxygens (including phenoxy) is 2. The standard InChI is InChI=1S/C29H28N4O4/c1-36-25-13-4-5-14-26(25)37-19-27(34)30-21-10-8-11-22(18-21)31-29(35)23-17-20-9-2-3-12-24(20)32-28(23)33-15-6-7-16-33/h2-5,8-14,17-18H,6-7,15-16,19H2,1H3,(H,30,34)(H,31,35). The summed E-state index contributed by atoms with van der Waals surface area (Å²) in [6.07, 6.45) is 2.16. The first kappa shape index (κ1) is 24.1. The summed E-state index contributed by atoms with van der Waals surface area (Å²) in [5, 5.41) is 6.68. The van der Waals surface area contributed by atoms with Gasteiger partial charge in [-0.05, 0) is 55.3 Å². The largest absolute Gasteiger partial charge is 0.493 e. The maximum atomic E-state index is 13.4. The van der Waals surface area contributed by atoms with E-state index in [1.54, 1.807) is 43.5 Å². The summed E-state index contributed by atoms with van der Waals surface area (Å²) in [7, 11) is 1.55. The lowest BCUT2D eigenvalue weighted by Crippen LogP contribution is -2.24. The molecule has 37 heavy (non-hydrogen) atoms. The maximum absolute atomic E-state index is 13.4. The zero-order valence-electron chi connectivity index (χ0n) is 20.6. The van der Waals surface area contributed by atoms with Crippen LogP contribution in [0.1, 0.15) is 23.2 Å². The molecular formula is C29H28N4O4. The van der Waals surface area contributed by atoms with Gasteiger partial charge in [0.1, 0.15) is 5.82 Å². The van der Waals surface area contributed by atoms with Crippen LogP contribution in [0.2, 0.25) is 0 Å². The Bertz CT molecular complexity index is 1430. The van der Waals surface area contributed by atoms with Gasteiger partial charge in [0.25, 0.3) is 11.8 Å². The van der Waals surface area contributed by atoms with Crippen molar-refractivity contribution >= 4 is 39.9 Å². The van der Waals surface area contributed by atoms with Gasteiger partial charge in [-0.1, -0.05) is 36.4 Å². The van der Waals surface area contributed by atoms with Crippen molar-refractivity contribution in [2.45, 2.75) is 12.8 Å². The Morgan fingerprint density at radius 1 is 0.865 bits per heavy atom. The normalized spacial score (nSPS) is 12.8. The number of hydrogen-bond acceptors (Lipinski definition) is 6. The molecule has 0 radical (unpaired) electrons. The van der Waals surface area contributed by atoms with Gasteiger partial charge in [0.2, 0.25) is 0 Å². The van der Waals surface area contributed by atoms with Crippen LogP contribution in [0.15, 0.2) is 78.9 Å². The molecular weight excluding hydrogens is 468 g/mol. The number of amides is 2. The third kappa shape index (κ3) is 5.64. The van der Waals surface area contributed by atoms with Crippen LogP contribution in [0, 0.1) is 0 Å². The van der Waals surface area contributed by atoms with Crippen LogP contribution in [0.5, 0.6) is 11.5 Å². The third-order valence-corrected chi connectivity index (χ3v) is 6.19. The molecule has 8 nitrogen and oxygen atoms in total. The second-order valence-electron chi connectivity index (χ2n) is 8.77. The van der Waals surface area contributed by atoms with Crippen molar-refractivity contribution in [1.29, 1.82) is 0 Å². The molecule has 5 rings (SSSR count). The number of rotatable bonds is 8. The van der Waals surface area contributed by atoms with Crippen LogP contribution >= 0.6 is 0 Å². The average molecular weight is 497 g/mol. The minimum absolute atomic E-state index is 0.182. The number of para-hydroxylation sites is 3. The van der Waals surface area contributed by atoms with E-state index < -0.39 is 0 Å². The predicted octanol–water partition coefficient (Wildman–Crippen LogP) is 5.11. The Labute approximate surface area is 215 Å². The first-order valence-corrected chi connectivity index (χ1v) is 12.2. The summed E-state index contributed by atoms with van der Waals surface area (Å²) >= 11 is 0. The molecule has 1 aliphatic rings. The molecule has 1 aromatic heterocycles. The van der Waals surface area contributed by atoms with Crippen molar-refractivity contribution in [3.05, 3.63) is 84.4 Å². The minimum Gasteiger partial charge on any atom is -0.493 e. The molecule has 0 atom stereocenters. The van der Waals surface area contributed by atoms with Crippen molar-refractivity contribution < 1.29 is 19.1 Å². The number of fused-ring (bicyclic) bond motifs is 1. The van der Waals surface area contributed by atoms with E-state index in [1.807, 2.05) is 42.5 Å². The number of anilines is 3. The van der Waals surface area contributed by atoms with E-state index in [-0.39, 0.29) is 18.4 Å². The van der Waals surface area contributed by atoms with E-state index in [4.69, 9.17) is 14.5 Å². The van der Waals surface area contributed by atoms with Crippen molar-refractivity contribution in [2.24, 2.45) is 0 Å². The molecule has 0 unspecified atom stereocenters. The Morgan fingerprint density at radius 2 is 1.57 bits per heavy atom. The fourth-order valence-corrected chi connectivity index (χ4v) is 4.39. The van der Waals surface area contributed by atoms with E-state index in [9.17, 15) is 9.59 Å². The van der Waals surface area contributed by atoms with E-state index in [2.05, 4.69) is 15.5 Å². The number of nitrogens with zero attached hydrogens (tertiary/aromatic N) is 2. The third-order valence-electron chi connectivity index (χ3n) is 6.19. The fraction of sp³-hybridized carbons (Fsp3) is 0.207. The van der Waals surface area contributed by atoms with E-state index in [0.29, 0.717) is 34.3 Å². The molecule has 1 aliphatic heterocycles. The van der Waals surface area contributed by atoms with Gasteiger partial charge in [-0.3, -0.25) is 9.59 Å². The second kappa shape index (κ2) is 11.0. The number of pyridine rings is 1. The summed E-state index contributed by atoms with van der Waals surface area (Å²) in [6.45, 7) is 1.58. The fourth-order valence-electron chi connectivity index (χ4n) is 4.39. The van der Waals surface area contributed by atoms with E-state index in [1.165, 1.54) is 0 Å². The summed E-state index contributed by atoms with van der Waals surface area (Å²) in [5.41, 5.74) is 2.50. The summed E-state index contributed by atoms with van der Waals surface area (Å²) in [5.74, 6) is 1.16. The highest BCUT2D eigenvalue weighted by atomic mass is 16.5. The van der Waals surface area contributed by atoms with Gasteiger partial charge < -0.3 is 25.0 Å². The van der Waals surface area contributed by atoms with Gasteiger partial charge >= 0.3 is 0 Å². The van der Waals surface area contributed by atoms with Crippen LogP contribution in [0.3, 0.4) is 0 Å². The Kier molecular flexibility index (Phi) is 7.16. The number of benzene rings is 3. The Balaban J connectivity index is 1.29. The highest BCUT2D eigenvalue weighted by molar-refractivity contribution is 6.10. The van der Waals surface area contributed by atoms with Gasteiger partial charge in [0.05, 0.1) is 18.2 Å². The Hall–Kier alpha value is -4.59. The van der Waals surface area contributed by atoms with Crippen molar-refractivity contribution in [1.82, 2.24) is 4.98 Å². The first-order valence-electron chi connectivity index (χ1n) is 12.2. The summed E-state index contributed by atoms with van der Waals surface area (Å²) < 4.78 is 10.8. The molecule has 2 amide bonds. The SMILES string of the molecule is COc1ccccc1OCC(=O)Nc1cccc(NC(=O)c2cc3ccccc3nc2N2CCCC2)c1. The Morgan fingerprint density at radius 3 is 2.35 bits per heavy atom. The lowest BCUT2D eigenvalue weighted by atomic mass is 10.1. The average Bonchev–Trinajstić information content (AvgIpc) is 3.46. The van der Waals surface area contributed by atoms with E-state index in [0.717, 1.165) is 36.8 Å². The van der Waals surface area contributed by atoms with Crippen LogP contribution in [0.4, 0.5) is 17.2 Å². The van der Waals surface area contributed by atoms with Crippen molar-refractivity contribution in [2.75, 3.05) is 42.3 Å². The lowest BCUT2D eigenvalue weighted by Gasteiger charge is -2.20. The molecule has 1 saturated heterocycles. The molecule has 188 valence electrons. The summed E-state index contributed by atoms with van der Waals surface area (Å²) in [6, 6.07) is 23.8. The molecule has 4 aromatic rings. The molecule has 0 aliphatic carbocycles. The summed E-state index contributed by atoms with van der Waals surface area (Å²) in [4.78, 5) is 32.9. The number of methoxy groups -OCH3 is 1. The second-order valence-corrected chi connectivity index (χ2v) is 8.77. The minimum atomic E-state index is -0.329. The molecule has 3 aromatic carbocycles. The zero-order valence-corrected chi connectivity index (χ0v) is 20.6. The predicted molar refractivity (Wildman–Crippen MR) is 145 cm³/mol. The first-order chi connectivity index (χ1) is 18.1. The molecule has 0 spiro atoms. The molecule has 1 fully saturated rings. The molecule has 0 bridgehead atoms. The van der Waals surface area contributed by atoms with Gasteiger partial charge in [-0.2, -0.15) is 0 Å². The number of aromatic nitrogens is 1. The monoisotopic (exact) mass is 496 g/mol. The molecule has 2 N–H and O–H groups in total. The lowest BCUT2D eigenvalue weighted by molar-refractivity contribution is -0.118. The van der Waals surface area contributed by atoms with Crippen molar-refractivity contribution in [3.63, 3.8) is 0 Å². The van der Waals surface area contributed by atoms with Gasteiger partial charge in [-0.25, -0.2) is 4.98 Å². The maximum Gasteiger partial charge on any atom is 0.262 e. The number of carbonyl (C=O) groups is 2. The van der Waals surface area contributed by atoms with Crippen molar-refractivity contribution in [3.8, 4) is 11.5 Å². The van der Waals surface area contributed by atoms with Gasteiger partial charge in [0.15, 0.2) is 18.1 Å². The van der Waals surface area contributed by atoms with Crippen LogP contribution < -0.4 is 25.0 Å². The van der Waals surface area contributed by atoms with Gasteiger partial charge in [0, 0.05) is 29.9 Å². The van der Waals surface area contributed by atoms with Gasteiger partial charge in [-0.15, -0.1) is 0 Å². The number of hydrogen-bond donors (Lipinski definition) is 2. The highest BCUT2D eigenvalue weighted by Crippen LogP contribution is 2.28. The topological polar surface area (TPSA) is 92.8 Å². The van der Waals surface area contributed by atoms with E-state index >= 15 is 0 Å². The van der Waals surface area contributed by atoms with Crippen LogP contribution in [0.25, 0.3) is 10.9 Å². The highest BCUT2D eigenvalue weighted by Gasteiger charge is 2.22. The number of carbonyl (C=O) groups excluding carboxylic acids is 2. The van der Waals surface area contributed by atoms with Crippen LogP contribution in [-0.2, 0) is 4.79 Å². The smallest absolute Gasteiger partial charge is 0.262 e.